The van der Waals surface area contributed by atoms with E-state index in [-0.39, 0.29) is 41.0 Å². The number of rotatable bonds is 5. The lowest BCUT2D eigenvalue weighted by molar-refractivity contribution is -0.144. The predicted octanol–water partition coefficient (Wildman–Crippen LogP) is 1.95. The summed E-state index contributed by atoms with van der Waals surface area (Å²) >= 11 is 11.6. The summed E-state index contributed by atoms with van der Waals surface area (Å²) in [7, 11) is 0. The second-order valence-corrected chi connectivity index (χ2v) is 5.09. The zero-order valence-electron chi connectivity index (χ0n) is 10.8. The molecule has 1 aliphatic carbocycles. The van der Waals surface area contributed by atoms with Crippen LogP contribution >= 0.6 is 23.2 Å². The van der Waals surface area contributed by atoms with Gasteiger partial charge >= 0.3 is 5.97 Å². The van der Waals surface area contributed by atoms with Gasteiger partial charge in [-0.1, -0.05) is 23.2 Å². The fraction of sp³-hybridized carbons (Fsp3) is 0.500. The van der Waals surface area contributed by atoms with E-state index in [0.717, 1.165) is 12.8 Å². The second kappa shape index (κ2) is 6.37. The van der Waals surface area contributed by atoms with Crippen molar-refractivity contribution < 1.29 is 14.3 Å². The van der Waals surface area contributed by atoms with E-state index in [1.807, 2.05) is 0 Å². The molecule has 1 aliphatic rings. The number of hydrogen-bond acceptors (Lipinski definition) is 5. The van der Waals surface area contributed by atoms with Crippen molar-refractivity contribution in [3.63, 3.8) is 0 Å². The molecule has 20 heavy (non-hydrogen) atoms. The first kappa shape index (κ1) is 15.0. The van der Waals surface area contributed by atoms with E-state index in [9.17, 15) is 9.59 Å². The van der Waals surface area contributed by atoms with Crippen LogP contribution in [0.1, 0.15) is 30.1 Å². The number of halogens is 2. The van der Waals surface area contributed by atoms with E-state index in [4.69, 9.17) is 27.9 Å². The van der Waals surface area contributed by atoms with Crippen LogP contribution in [0.4, 0.5) is 0 Å². The van der Waals surface area contributed by atoms with Crippen LogP contribution in [0, 0.1) is 0 Å². The van der Waals surface area contributed by atoms with Crippen LogP contribution < -0.4 is 0 Å². The summed E-state index contributed by atoms with van der Waals surface area (Å²) in [4.78, 5) is 25.5. The molecule has 0 bridgehead atoms. The number of esters is 1. The Kier molecular flexibility index (Phi) is 4.77. The van der Waals surface area contributed by atoms with E-state index in [1.165, 1.54) is 11.0 Å². The second-order valence-electron chi connectivity index (χ2n) is 4.34. The van der Waals surface area contributed by atoms with Gasteiger partial charge in [0.25, 0.3) is 5.91 Å². The zero-order chi connectivity index (χ0) is 14.7. The van der Waals surface area contributed by atoms with Gasteiger partial charge in [-0.15, -0.1) is 10.2 Å². The lowest BCUT2D eigenvalue weighted by Gasteiger charge is -2.21. The highest BCUT2D eigenvalue weighted by atomic mass is 35.5. The molecule has 8 heteroatoms. The third kappa shape index (κ3) is 3.58. The maximum Gasteiger partial charge on any atom is 0.325 e. The van der Waals surface area contributed by atoms with Crippen molar-refractivity contribution in [2.45, 2.75) is 25.8 Å². The molecular weight excluding hydrogens is 305 g/mol. The molecule has 0 aliphatic heterocycles. The Bertz CT molecular complexity index is 535. The fourth-order valence-electron chi connectivity index (χ4n) is 1.76. The molecule has 0 radical (unpaired) electrons. The lowest BCUT2D eigenvalue weighted by atomic mass is 10.2. The first-order chi connectivity index (χ1) is 9.52. The molecular formula is C12H13Cl2N3O3. The molecule has 0 unspecified atom stereocenters. The smallest absolute Gasteiger partial charge is 0.325 e. The van der Waals surface area contributed by atoms with Gasteiger partial charge in [0.05, 0.1) is 12.2 Å². The van der Waals surface area contributed by atoms with Crippen molar-refractivity contribution in [2.75, 3.05) is 13.2 Å². The summed E-state index contributed by atoms with van der Waals surface area (Å²) in [6, 6.07) is 1.38. The minimum atomic E-state index is -0.447. The number of nitrogens with zero attached hydrogens (tertiary/aromatic N) is 3. The molecule has 2 rings (SSSR count). The molecule has 1 saturated carbocycles. The summed E-state index contributed by atoms with van der Waals surface area (Å²) in [5, 5.41) is 7.19. The maximum absolute atomic E-state index is 12.4. The molecule has 1 fully saturated rings. The van der Waals surface area contributed by atoms with Crippen molar-refractivity contribution in [3.05, 3.63) is 21.9 Å². The van der Waals surface area contributed by atoms with E-state index in [0.29, 0.717) is 0 Å². The molecule has 0 aromatic carbocycles. The van der Waals surface area contributed by atoms with Crippen molar-refractivity contribution in [1.82, 2.24) is 15.1 Å². The molecule has 0 spiro atoms. The monoisotopic (exact) mass is 317 g/mol. The van der Waals surface area contributed by atoms with Crippen LogP contribution in [0.5, 0.6) is 0 Å². The highest BCUT2D eigenvalue weighted by molar-refractivity contribution is 6.34. The summed E-state index contributed by atoms with van der Waals surface area (Å²) in [6.07, 6.45) is 1.71. The quantitative estimate of drug-likeness (QED) is 0.776. The van der Waals surface area contributed by atoms with Crippen LogP contribution in [-0.2, 0) is 9.53 Å². The van der Waals surface area contributed by atoms with Crippen LogP contribution in [0.25, 0.3) is 0 Å². The van der Waals surface area contributed by atoms with Crippen molar-refractivity contribution in [2.24, 2.45) is 0 Å². The first-order valence-corrected chi connectivity index (χ1v) is 6.93. The number of carbonyl (C=O) groups excluding carboxylic acids is 2. The molecule has 0 N–H and O–H groups in total. The number of carbonyl (C=O) groups is 2. The van der Waals surface area contributed by atoms with Gasteiger partial charge in [0.2, 0.25) is 0 Å². The Morgan fingerprint density at radius 2 is 2.10 bits per heavy atom. The number of amides is 1. The largest absolute Gasteiger partial charge is 0.465 e. The Morgan fingerprint density at radius 3 is 2.70 bits per heavy atom. The highest BCUT2D eigenvalue weighted by Crippen LogP contribution is 2.29. The normalized spacial score (nSPS) is 13.9. The minimum Gasteiger partial charge on any atom is -0.465 e. The van der Waals surface area contributed by atoms with Gasteiger partial charge in [0, 0.05) is 6.04 Å². The molecule has 1 aromatic heterocycles. The molecule has 1 heterocycles. The Balaban J connectivity index is 2.18. The van der Waals surface area contributed by atoms with Crippen LogP contribution in [-0.4, -0.2) is 46.2 Å². The molecule has 6 nitrogen and oxygen atoms in total. The van der Waals surface area contributed by atoms with Crippen LogP contribution in [0.2, 0.25) is 10.3 Å². The first-order valence-electron chi connectivity index (χ1n) is 6.18. The van der Waals surface area contributed by atoms with E-state index < -0.39 is 5.97 Å². The number of aromatic nitrogens is 2. The van der Waals surface area contributed by atoms with Gasteiger partial charge in [-0.3, -0.25) is 9.59 Å². The van der Waals surface area contributed by atoms with Gasteiger partial charge in [-0.25, -0.2) is 0 Å². The standard InChI is InChI=1S/C12H13Cl2N3O3/c1-2-20-10(18)6-17(7-3-4-7)12(19)8-5-9(13)15-16-11(8)14/h5,7H,2-4,6H2,1H3. The third-order valence-corrected chi connectivity index (χ3v) is 3.27. The molecule has 1 aromatic rings. The highest BCUT2D eigenvalue weighted by Gasteiger charge is 2.35. The van der Waals surface area contributed by atoms with E-state index >= 15 is 0 Å². The van der Waals surface area contributed by atoms with Crippen molar-refractivity contribution >= 4 is 35.1 Å². The van der Waals surface area contributed by atoms with E-state index in [1.54, 1.807) is 6.92 Å². The van der Waals surface area contributed by atoms with Crippen molar-refractivity contribution in [1.29, 1.82) is 0 Å². The van der Waals surface area contributed by atoms with Gasteiger partial charge < -0.3 is 9.64 Å². The minimum absolute atomic E-state index is 0.0334. The van der Waals surface area contributed by atoms with E-state index in [2.05, 4.69) is 10.2 Å². The van der Waals surface area contributed by atoms with Gasteiger partial charge in [0.1, 0.15) is 6.54 Å². The third-order valence-electron chi connectivity index (χ3n) is 2.80. The zero-order valence-corrected chi connectivity index (χ0v) is 12.3. The number of hydrogen-bond donors (Lipinski definition) is 0. The fourth-order valence-corrected chi connectivity index (χ4v) is 2.08. The Labute approximate surface area is 126 Å². The molecule has 0 atom stereocenters. The lowest BCUT2D eigenvalue weighted by Crippen LogP contribution is -2.38. The van der Waals surface area contributed by atoms with Crippen molar-refractivity contribution in [3.8, 4) is 0 Å². The summed E-state index contributed by atoms with van der Waals surface area (Å²) in [5.74, 6) is -0.834. The Hall–Kier alpha value is -1.40. The average Bonchev–Trinajstić information content (AvgIpc) is 3.23. The predicted molar refractivity (Wildman–Crippen MR) is 72.7 cm³/mol. The van der Waals surface area contributed by atoms with Crippen LogP contribution in [0.15, 0.2) is 6.07 Å². The van der Waals surface area contributed by atoms with Crippen LogP contribution in [0.3, 0.4) is 0 Å². The van der Waals surface area contributed by atoms with Gasteiger partial charge in [0.15, 0.2) is 10.3 Å². The summed E-state index contributed by atoms with van der Waals surface area (Å²) in [6.45, 7) is 1.88. The average molecular weight is 318 g/mol. The molecule has 108 valence electrons. The summed E-state index contributed by atoms with van der Waals surface area (Å²) < 4.78 is 4.87. The molecule has 0 saturated heterocycles. The van der Waals surface area contributed by atoms with Gasteiger partial charge in [-0.2, -0.15) is 0 Å². The molecule has 1 amide bonds. The Morgan fingerprint density at radius 1 is 1.40 bits per heavy atom. The topological polar surface area (TPSA) is 72.4 Å². The number of ether oxygens (including phenoxy) is 1. The maximum atomic E-state index is 12.4. The van der Waals surface area contributed by atoms with Gasteiger partial charge in [-0.05, 0) is 25.8 Å². The summed E-state index contributed by atoms with van der Waals surface area (Å²) in [5.41, 5.74) is 0.142. The SMILES string of the molecule is CCOC(=O)CN(C(=O)c1cc(Cl)nnc1Cl)C1CC1.